The molecule has 1 aliphatic heterocycles. The Morgan fingerprint density at radius 3 is 2.75 bits per heavy atom. The van der Waals surface area contributed by atoms with E-state index in [9.17, 15) is 9.59 Å². The highest BCUT2D eigenvalue weighted by molar-refractivity contribution is 5.75. The largest absolute Gasteiger partial charge is 0.378 e. The van der Waals surface area contributed by atoms with Gasteiger partial charge in [0, 0.05) is 32.0 Å². The lowest BCUT2D eigenvalue weighted by Gasteiger charge is -2.30. The van der Waals surface area contributed by atoms with Gasteiger partial charge in [0.05, 0.1) is 13.2 Å². The molecule has 0 atom stereocenters. The van der Waals surface area contributed by atoms with E-state index in [1.54, 1.807) is 12.4 Å². The number of nitrogens with one attached hydrogen (secondary N) is 1. The molecule has 104 valence electrons. The Hall–Kier alpha value is -2.21. The van der Waals surface area contributed by atoms with Gasteiger partial charge in [0.25, 0.3) is 10.9 Å². The van der Waals surface area contributed by atoms with Crippen LogP contribution in [0.3, 0.4) is 0 Å². The number of nitrogens with zero attached hydrogens (tertiary/aromatic N) is 2. The number of morpholine rings is 1. The number of hydrogen-bond donors (Lipinski definition) is 1. The monoisotopic (exact) mass is 273 g/mol. The molecule has 0 aliphatic carbocycles. The first-order chi connectivity index (χ1) is 9.77. The Bertz CT molecular complexity index is 656. The Morgan fingerprint density at radius 1 is 1.25 bits per heavy atom. The first kappa shape index (κ1) is 12.8. The zero-order valence-electron chi connectivity index (χ0n) is 11.0. The molecule has 3 rings (SSSR count). The molecule has 20 heavy (non-hydrogen) atoms. The zero-order chi connectivity index (χ0) is 13.9. The molecule has 2 aromatic rings. The summed E-state index contributed by atoms with van der Waals surface area (Å²) in [5.41, 5.74) is 1.05. The smallest absolute Gasteiger partial charge is 0.253 e. The molecule has 1 aromatic carbocycles. The second-order valence-corrected chi connectivity index (χ2v) is 4.70. The molecule has 1 fully saturated rings. The van der Waals surface area contributed by atoms with Crippen LogP contribution in [-0.2, 0) is 11.3 Å². The van der Waals surface area contributed by atoms with Crippen LogP contribution in [0.1, 0.15) is 5.56 Å². The molecule has 1 N–H and O–H groups in total. The number of ether oxygens (including phenoxy) is 1. The SMILES string of the molecule is O=c1c(NCc2cccnc2)c(N2CCOCC2)c1=O. The molecule has 1 saturated heterocycles. The third-order valence-corrected chi connectivity index (χ3v) is 3.40. The van der Waals surface area contributed by atoms with Crippen molar-refractivity contribution >= 4 is 11.4 Å². The van der Waals surface area contributed by atoms with Crippen LogP contribution in [0.25, 0.3) is 0 Å². The molecule has 0 spiro atoms. The molecular formula is C14H15N3O3. The predicted molar refractivity (Wildman–Crippen MR) is 75.9 cm³/mol. The van der Waals surface area contributed by atoms with E-state index in [0.717, 1.165) is 5.56 Å². The lowest BCUT2D eigenvalue weighted by atomic mass is 10.1. The number of pyridine rings is 1. The molecule has 0 bridgehead atoms. The van der Waals surface area contributed by atoms with Crippen LogP contribution in [0.4, 0.5) is 11.4 Å². The highest BCUT2D eigenvalue weighted by atomic mass is 16.5. The highest BCUT2D eigenvalue weighted by Crippen LogP contribution is 2.21. The van der Waals surface area contributed by atoms with Crippen molar-refractivity contribution < 1.29 is 4.74 Å². The summed E-state index contributed by atoms with van der Waals surface area (Å²) in [5, 5.41) is 3.05. The summed E-state index contributed by atoms with van der Waals surface area (Å²) >= 11 is 0. The van der Waals surface area contributed by atoms with Gasteiger partial charge in [0.2, 0.25) is 0 Å². The van der Waals surface area contributed by atoms with Crippen LogP contribution in [0.15, 0.2) is 34.1 Å². The summed E-state index contributed by atoms with van der Waals surface area (Å²) in [6.45, 7) is 2.94. The Kier molecular flexibility index (Phi) is 3.47. The Labute approximate surface area is 115 Å². The first-order valence-electron chi connectivity index (χ1n) is 6.56. The standard InChI is InChI=1S/C14H15N3O3/c18-13-11(16-9-10-2-1-3-15-8-10)12(14(13)19)17-4-6-20-7-5-17/h1-3,8,16H,4-7,9H2. The van der Waals surface area contributed by atoms with Crippen molar-refractivity contribution in [2.45, 2.75) is 6.54 Å². The molecule has 0 amide bonds. The third-order valence-electron chi connectivity index (χ3n) is 3.40. The quantitative estimate of drug-likeness (QED) is 0.798. The van der Waals surface area contributed by atoms with Gasteiger partial charge < -0.3 is 15.0 Å². The van der Waals surface area contributed by atoms with Gasteiger partial charge in [-0.05, 0) is 11.6 Å². The van der Waals surface area contributed by atoms with Crippen molar-refractivity contribution in [3.8, 4) is 0 Å². The van der Waals surface area contributed by atoms with E-state index < -0.39 is 10.9 Å². The van der Waals surface area contributed by atoms with Crippen molar-refractivity contribution in [2.75, 3.05) is 36.5 Å². The second kappa shape index (κ2) is 5.42. The van der Waals surface area contributed by atoms with Crippen LogP contribution in [0, 0.1) is 0 Å². The first-order valence-corrected chi connectivity index (χ1v) is 6.56. The van der Waals surface area contributed by atoms with E-state index in [2.05, 4.69) is 10.3 Å². The van der Waals surface area contributed by atoms with Crippen LogP contribution in [0.2, 0.25) is 0 Å². The number of aromatic nitrogens is 1. The third kappa shape index (κ3) is 2.30. The Balaban J connectivity index is 1.75. The minimum Gasteiger partial charge on any atom is -0.378 e. The maximum Gasteiger partial charge on any atom is 0.253 e. The zero-order valence-corrected chi connectivity index (χ0v) is 11.0. The number of hydrogen-bond acceptors (Lipinski definition) is 6. The van der Waals surface area contributed by atoms with Crippen LogP contribution in [0.5, 0.6) is 0 Å². The minimum atomic E-state index is -0.435. The molecule has 1 aliphatic rings. The van der Waals surface area contributed by atoms with E-state index in [4.69, 9.17) is 4.74 Å². The second-order valence-electron chi connectivity index (χ2n) is 4.70. The van der Waals surface area contributed by atoms with Crippen molar-refractivity contribution in [1.29, 1.82) is 0 Å². The normalized spacial score (nSPS) is 15.5. The summed E-state index contributed by atoms with van der Waals surface area (Å²) in [5.74, 6) is 0. The predicted octanol–water partition coefficient (Wildman–Crippen LogP) is 0.126. The Morgan fingerprint density at radius 2 is 2.05 bits per heavy atom. The van der Waals surface area contributed by atoms with Crippen LogP contribution >= 0.6 is 0 Å². The molecule has 0 radical (unpaired) electrons. The van der Waals surface area contributed by atoms with Gasteiger partial charge in [-0.1, -0.05) is 6.07 Å². The summed E-state index contributed by atoms with van der Waals surface area (Å²) in [6, 6.07) is 3.75. The average molecular weight is 273 g/mol. The van der Waals surface area contributed by atoms with Gasteiger partial charge in [-0.2, -0.15) is 0 Å². The molecular weight excluding hydrogens is 258 g/mol. The minimum absolute atomic E-state index is 0.402. The highest BCUT2D eigenvalue weighted by Gasteiger charge is 2.26. The molecule has 6 nitrogen and oxygen atoms in total. The van der Waals surface area contributed by atoms with Crippen molar-refractivity contribution in [3.05, 3.63) is 50.5 Å². The molecule has 0 unspecified atom stereocenters. The van der Waals surface area contributed by atoms with Crippen molar-refractivity contribution in [1.82, 2.24) is 4.98 Å². The van der Waals surface area contributed by atoms with Gasteiger partial charge in [0.1, 0.15) is 11.4 Å². The van der Waals surface area contributed by atoms with Gasteiger partial charge in [-0.3, -0.25) is 14.6 Å². The summed E-state index contributed by atoms with van der Waals surface area (Å²) < 4.78 is 5.26. The summed E-state index contributed by atoms with van der Waals surface area (Å²) in [4.78, 5) is 29.4. The number of anilines is 2. The van der Waals surface area contributed by atoms with E-state index in [1.165, 1.54) is 0 Å². The fourth-order valence-corrected chi connectivity index (χ4v) is 2.33. The molecule has 2 heterocycles. The maximum atomic E-state index is 11.7. The molecule has 6 heteroatoms. The summed E-state index contributed by atoms with van der Waals surface area (Å²) in [6.07, 6.45) is 3.42. The van der Waals surface area contributed by atoms with E-state index in [0.29, 0.717) is 44.2 Å². The van der Waals surface area contributed by atoms with Crippen molar-refractivity contribution in [2.24, 2.45) is 0 Å². The van der Waals surface area contributed by atoms with Crippen LogP contribution < -0.4 is 21.1 Å². The van der Waals surface area contributed by atoms with Gasteiger partial charge in [-0.15, -0.1) is 0 Å². The summed E-state index contributed by atoms with van der Waals surface area (Å²) in [7, 11) is 0. The topological polar surface area (TPSA) is 71.5 Å². The van der Waals surface area contributed by atoms with E-state index in [-0.39, 0.29) is 0 Å². The fraction of sp³-hybridized carbons (Fsp3) is 0.357. The van der Waals surface area contributed by atoms with Gasteiger partial charge in [-0.25, -0.2) is 0 Å². The van der Waals surface area contributed by atoms with Crippen molar-refractivity contribution in [3.63, 3.8) is 0 Å². The van der Waals surface area contributed by atoms with E-state index >= 15 is 0 Å². The fourth-order valence-electron chi connectivity index (χ4n) is 2.33. The van der Waals surface area contributed by atoms with Gasteiger partial charge in [0.15, 0.2) is 0 Å². The lowest BCUT2D eigenvalue weighted by molar-refractivity contribution is 0.122. The van der Waals surface area contributed by atoms with Gasteiger partial charge >= 0.3 is 0 Å². The van der Waals surface area contributed by atoms with Crippen LogP contribution in [-0.4, -0.2) is 31.3 Å². The van der Waals surface area contributed by atoms with E-state index in [1.807, 2.05) is 17.0 Å². The lowest BCUT2D eigenvalue weighted by Crippen LogP contribution is -2.46. The average Bonchev–Trinajstić information content (AvgIpc) is 2.52. The maximum absolute atomic E-state index is 11.7. The molecule has 0 saturated carbocycles. The molecule has 1 aromatic heterocycles. The number of rotatable bonds is 4.